The van der Waals surface area contributed by atoms with E-state index in [9.17, 15) is 9.59 Å². The van der Waals surface area contributed by atoms with Gasteiger partial charge in [0, 0.05) is 5.56 Å². The molecule has 0 aliphatic heterocycles. The van der Waals surface area contributed by atoms with Crippen molar-refractivity contribution >= 4 is 46.5 Å². The van der Waals surface area contributed by atoms with Gasteiger partial charge in [0.1, 0.15) is 0 Å². The topological polar surface area (TPSA) is 88.9 Å². The molecule has 10 heteroatoms. The number of nitrogens with zero attached hydrogens (tertiary/aromatic N) is 3. The standard InChI is InChI=1S/C22H18ClN5O2S2/c23-17-10-5-4-9-16(17)20-25-27-22(28(20)13-15-7-2-1-3-8-15)32-14-19(29)24-26-21(30)18-11-6-12-31-18/h1-12H,13-14H2,(H,24,29)(H,26,30). The largest absolute Gasteiger partial charge is 0.297 e. The zero-order valence-electron chi connectivity index (χ0n) is 16.7. The van der Waals surface area contributed by atoms with Crippen molar-refractivity contribution in [1.82, 2.24) is 25.6 Å². The highest BCUT2D eigenvalue weighted by Gasteiger charge is 2.18. The quantitative estimate of drug-likeness (QED) is 0.303. The third-order valence-electron chi connectivity index (χ3n) is 4.41. The van der Waals surface area contributed by atoms with Crippen molar-refractivity contribution in [2.75, 3.05) is 5.75 Å². The Hall–Kier alpha value is -3.14. The molecule has 2 aromatic heterocycles. The fourth-order valence-corrected chi connectivity index (χ4v) is 4.48. The van der Waals surface area contributed by atoms with Crippen LogP contribution < -0.4 is 10.9 Å². The second kappa shape index (κ2) is 10.4. The summed E-state index contributed by atoms with van der Waals surface area (Å²) < 4.78 is 1.93. The van der Waals surface area contributed by atoms with E-state index >= 15 is 0 Å². The number of carbonyl (C=O) groups excluding carboxylic acids is 2. The van der Waals surface area contributed by atoms with Crippen LogP contribution in [0.4, 0.5) is 0 Å². The minimum atomic E-state index is -0.355. The number of nitrogens with one attached hydrogen (secondary N) is 2. The van der Waals surface area contributed by atoms with Crippen molar-refractivity contribution in [1.29, 1.82) is 0 Å². The Labute approximate surface area is 197 Å². The summed E-state index contributed by atoms with van der Waals surface area (Å²) in [5.41, 5.74) is 6.67. The molecule has 0 aliphatic rings. The minimum Gasteiger partial charge on any atom is -0.297 e. The van der Waals surface area contributed by atoms with Crippen LogP contribution in [0.25, 0.3) is 11.4 Å². The van der Waals surface area contributed by atoms with Gasteiger partial charge in [0.2, 0.25) is 5.91 Å². The molecule has 4 rings (SSSR count). The predicted octanol–water partition coefficient (Wildman–Crippen LogP) is 4.26. The van der Waals surface area contributed by atoms with Crippen LogP contribution in [-0.4, -0.2) is 32.3 Å². The zero-order valence-corrected chi connectivity index (χ0v) is 19.1. The maximum absolute atomic E-state index is 12.3. The highest BCUT2D eigenvalue weighted by molar-refractivity contribution is 7.99. The fraction of sp³-hybridized carbons (Fsp3) is 0.0909. The molecule has 0 radical (unpaired) electrons. The summed E-state index contributed by atoms with van der Waals surface area (Å²) in [6.07, 6.45) is 0. The van der Waals surface area contributed by atoms with Crippen molar-refractivity contribution in [3.8, 4) is 11.4 Å². The lowest BCUT2D eigenvalue weighted by Gasteiger charge is -2.11. The Morgan fingerprint density at radius 1 is 0.969 bits per heavy atom. The molecular weight excluding hydrogens is 466 g/mol. The summed E-state index contributed by atoms with van der Waals surface area (Å²) in [7, 11) is 0. The molecule has 0 saturated carbocycles. The molecule has 0 saturated heterocycles. The van der Waals surface area contributed by atoms with Crippen molar-refractivity contribution in [2.45, 2.75) is 11.7 Å². The van der Waals surface area contributed by atoms with Gasteiger partial charge in [-0.1, -0.05) is 71.9 Å². The molecule has 0 fully saturated rings. The first kappa shape index (κ1) is 22.1. The van der Waals surface area contributed by atoms with E-state index < -0.39 is 0 Å². The van der Waals surface area contributed by atoms with Gasteiger partial charge >= 0.3 is 0 Å². The summed E-state index contributed by atoms with van der Waals surface area (Å²) in [4.78, 5) is 24.8. The Balaban J connectivity index is 1.48. The summed E-state index contributed by atoms with van der Waals surface area (Å²) in [5.74, 6) is -0.0337. The average molecular weight is 484 g/mol. The summed E-state index contributed by atoms with van der Waals surface area (Å²) in [6, 6.07) is 20.8. The molecule has 2 amide bonds. The minimum absolute atomic E-state index is 0.0557. The Kier molecular flexibility index (Phi) is 7.21. The van der Waals surface area contributed by atoms with Crippen LogP contribution in [0.2, 0.25) is 5.02 Å². The van der Waals surface area contributed by atoms with E-state index in [0.717, 1.165) is 11.1 Å². The summed E-state index contributed by atoms with van der Waals surface area (Å²) in [5, 5.41) is 11.6. The van der Waals surface area contributed by atoms with Gasteiger partial charge in [-0.15, -0.1) is 21.5 Å². The molecule has 32 heavy (non-hydrogen) atoms. The van der Waals surface area contributed by atoms with E-state index in [1.54, 1.807) is 23.6 Å². The number of benzene rings is 2. The molecule has 2 heterocycles. The average Bonchev–Trinajstić information content (AvgIpc) is 3.48. The van der Waals surface area contributed by atoms with E-state index in [2.05, 4.69) is 21.0 Å². The molecule has 2 aromatic carbocycles. The van der Waals surface area contributed by atoms with Crippen LogP contribution in [0.1, 0.15) is 15.2 Å². The number of amides is 2. The van der Waals surface area contributed by atoms with Gasteiger partial charge in [0.15, 0.2) is 11.0 Å². The molecule has 2 N–H and O–H groups in total. The van der Waals surface area contributed by atoms with Gasteiger partial charge < -0.3 is 0 Å². The lowest BCUT2D eigenvalue weighted by Crippen LogP contribution is -2.42. The third-order valence-corrected chi connectivity index (χ3v) is 6.57. The molecule has 162 valence electrons. The smallest absolute Gasteiger partial charge is 0.279 e. The van der Waals surface area contributed by atoms with Gasteiger partial charge in [0.05, 0.1) is 22.2 Å². The first-order valence-corrected chi connectivity index (χ1v) is 11.8. The molecule has 7 nitrogen and oxygen atoms in total. The number of thioether (sulfide) groups is 1. The van der Waals surface area contributed by atoms with Gasteiger partial charge in [-0.25, -0.2) is 0 Å². The Bertz CT molecular complexity index is 1210. The molecule has 0 spiro atoms. The van der Waals surface area contributed by atoms with Gasteiger partial charge in [0.25, 0.3) is 5.91 Å². The number of hydrogen-bond donors (Lipinski definition) is 2. The number of rotatable bonds is 7. The monoisotopic (exact) mass is 483 g/mol. The van der Waals surface area contributed by atoms with Gasteiger partial charge in [-0.05, 0) is 29.1 Å². The predicted molar refractivity (Wildman–Crippen MR) is 127 cm³/mol. The molecular formula is C22H18ClN5O2S2. The highest BCUT2D eigenvalue weighted by atomic mass is 35.5. The second-order valence-corrected chi connectivity index (χ2v) is 8.92. The number of hydrazine groups is 1. The molecule has 0 aliphatic carbocycles. The van der Waals surface area contributed by atoms with Crippen LogP contribution >= 0.6 is 34.7 Å². The fourth-order valence-electron chi connectivity index (χ4n) is 2.91. The molecule has 0 atom stereocenters. The molecule has 4 aromatic rings. The molecule has 0 bridgehead atoms. The highest BCUT2D eigenvalue weighted by Crippen LogP contribution is 2.29. The van der Waals surface area contributed by atoms with E-state index in [1.165, 1.54) is 23.1 Å². The zero-order chi connectivity index (χ0) is 22.3. The number of aromatic nitrogens is 3. The number of hydrogen-bond acceptors (Lipinski definition) is 6. The number of thiophene rings is 1. The maximum Gasteiger partial charge on any atom is 0.279 e. The Morgan fingerprint density at radius 3 is 2.50 bits per heavy atom. The van der Waals surface area contributed by atoms with Crippen LogP contribution in [0.5, 0.6) is 0 Å². The van der Waals surface area contributed by atoms with Crippen LogP contribution in [0.15, 0.2) is 77.3 Å². The second-order valence-electron chi connectivity index (χ2n) is 6.63. The van der Waals surface area contributed by atoms with Crippen LogP contribution in [0, 0.1) is 0 Å². The van der Waals surface area contributed by atoms with Gasteiger partial charge in [-0.2, -0.15) is 0 Å². The van der Waals surface area contributed by atoms with Gasteiger partial charge in [-0.3, -0.25) is 25.0 Å². The van der Waals surface area contributed by atoms with E-state index in [-0.39, 0.29) is 17.6 Å². The van der Waals surface area contributed by atoms with Crippen LogP contribution in [0.3, 0.4) is 0 Å². The van der Waals surface area contributed by atoms with Crippen molar-refractivity contribution in [3.05, 3.63) is 87.6 Å². The van der Waals surface area contributed by atoms with E-state index in [1.807, 2.05) is 53.1 Å². The third kappa shape index (κ3) is 5.37. The van der Waals surface area contributed by atoms with Crippen molar-refractivity contribution in [2.24, 2.45) is 0 Å². The Morgan fingerprint density at radius 2 is 1.75 bits per heavy atom. The lowest BCUT2D eigenvalue weighted by atomic mass is 10.2. The molecule has 0 unspecified atom stereocenters. The normalized spacial score (nSPS) is 10.7. The van der Waals surface area contributed by atoms with E-state index in [0.29, 0.717) is 27.4 Å². The number of carbonyl (C=O) groups is 2. The van der Waals surface area contributed by atoms with E-state index in [4.69, 9.17) is 11.6 Å². The summed E-state index contributed by atoms with van der Waals surface area (Å²) in [6.45, 7) is 0.521. The first-order chi connectivity index (χ1) is 15.6. The van der Waals surface area contributed by atoms with Crippen LogP contribution in [-0.2, 0) is 11.3 Å². The maximum atomic E-state index is 12.3. The SMILES string of the molecule is O=C(CSc1nnc(-c2ccccc2Cl)n1Cc1ccccc1)NNC(=O)c1cccs1. The lowest BCUT2D eigenvalue weighted by molar-refractivity contribution is -0.119. The van der Waals surface area contributed by atoms with Crippen molar-refractivity contribution < 1.29 is 9.59 Å². The van der Waals surface area contributed by atoms with Crippen molar-refractivity contribution in [3.63, 3.8) is 0 Å². The first-order valence-electron chi connectivity index (χ1n) is 9.59. The summed E-state index contributed by atoms with van der Waals surface area (Å²) >= 11 is 8.92. The number of halogens is 1.